The van der Waals surface area contributed by atoms with E-state index in [2.05, 4.69) is 10.3 Å². The summed E-state index contributed by atoms with van der Waals surface area (Å²) in [4.78, 5) is 17.8. The maximum Gasteiger partial charge on any atom is 0.416 e. The second-order valence-corrected chi connectivity index (χ2v) is 7.61. The number of pyridine rings is 1. The van der Waals surface area contributed by atoms with Gasteiger partial charge in [0.05, 0.1) is 22.6 Å². The van der Waals surface area contributed by atoms with Crippen molar-refractivity contribution >= 4 is 38.7 Å². The second-order valence-electron chi connectivity index (χ2n) is 6.35. The summed E-state index contributed by atoms with van der Waals surface area (Å²) in [5, 5.41) is 2.86. The van der Waals surface area contributed by atoms with Gasteiger partial charge in [-0.3, -0.25) is 9.78 Å². The second kappa shape index (κ2) is 6.94. The number of hydrogen-bond acceptors (Lipinski definition) is 4. The van der Waals surface area contributed by atoms with E-state index in [9.17, 15) is 18.0 Å². The number of aromatic nitrogens is 1. The van der Waals surface area contributed by atoms with Crippen LogP contribution in [0, 0.1) is 6.92 Å². The van der Waals surface area contributed by atoms with Crippen LogP contribution < -0.4 is 10.1 Å². The summed E-state index contributed by atoms with van der Waals surface area (Å²) >= 11 is 1.53. The summed E-state index contributed by atoms with van der Waals surface area (Å²) < 4.78 is 45.1. The first-order valence-corrected chi connectivity index (χ1v) is 9.34. The van der Waals surface area contributed by atoms with E-state index in [1.54, 1.807) is 6.20 Å². The highest BCUT2D eigenvalue weighted by molar-refractivity contribution is 7.19. The predicted molar refractivity (Wildman–Crippen MR) is 103 cm³/mol. The maximum absolute atomic E-state index is 12.9. The number of rotatable bonds is 2. The number of carbonyl (C=O) groups excluding carboxylic acids is 1. The van der Waals surface area contributed by atoms with E-state index in [0.29, 0.717) is 23.2 Å². The zero-order valence-electron chi connectivity index (χ0n) is 14.8. The third-order valence-corrected chi connectivity index (χ3v) is 5.52. The minimum atomic E-state index is -4.44. The zero-order chi connectivity index (χ0) is 19.9. The molecule has 1 N–H and O–H groups in total. The van der Waals surface area contributed by atoms with E-state index in [4.69, 9.17) is 4.74 Å². The first-order valence-electron chi connectivity index (χ1n) is 8.53. The summed E-state index contributed by atoms with van der Waals surface area (Å²) in [5.74, 6) is -0.213. The molecule has 1 amide bonds. The van der Waals surface area contributed by atoms with Gasteiger partial charge in [-0.2, -0.15) is 13.2 Å². The van der Waals surface area contributed by atoms with Crippen molar-refractivity contribution < 1.29 is 22.7 Å². The Kier molecular flexibility index (Phi) is 4.58. The highest BCUT2D eigenvalue weighted by Gasteiger charge is 2.32. The molecule has 1 aromatic carbocycles. The number of hydrogen-bond donors (Lipinski definition) is 1. The third-order valence-electron chi connectivity index (χ3n) is 4.46. The number of ether oxygens (including phenoxy) is 1. The lowest BCUT2D eigenvalue weighted by atomic mass is 9.97. The molecule has 0 saturated heterocycles. The number of alkyl halides is 3. The number of aryl methyl sites for hydroxylation is 1. The lowest BCUT2D eigenvalue weighted by Crippen LogP contribution is -2.14. The van der Waals surface area contributed by atoms with Crippen LogP contribution in [0.15, 0.2) is 42.6 Å². The van der Waals surface area contributed by atoms with Crippen molar-refractivity contribution in [1.29, 1.82) is 0 Å². The molecule has 8 heteroatoms. The molecule has 3 heterocycles. The topological polar surface area (TPSA) is 51.2 Å². The van der Waals surface area contributed by atoms with Crippen LogP contribution in [-0.2, 0) is 11.0 Å². The lowest BCUT2D eigenvalue weighted by Gasteiger charge is -2.21. The van der Waals surface area contributed by atoms with Crippen molar-refractivity contribution in [2.75, 3.05) is 11.9 Å². The number of carbonyl (C=O) groups is 1. The van der Waals surface area contributed by atoms with Crippen LogP contribution in [0.3, 0.4) is 0 Å². The van der Waals surface area contributed by atoms with E-state index in [1.807, 2.05) is 19.1 Å². The van der Waals surface area contributed by atoms with E-state index in [1.165, 1.54) is 23.5 Å². The average Bonchev–Trinajstić information content (AvgIpc) is 2.96. The van der Waals surface area contributed by atoms with Crippen molar-refractivity contribution in [3.8, 4) is 5.75 Å². The molecule has 0 spiro atoms. The number of thiophene rings is 1. The number of nitrogens with zero attached hydrogens (tertiary/aromatic N) is 1. The first-order chi connectivity index (χ1) is 13.3. The molecule has 2 aromatic heterocycles. The average molecular weight is 404 g/mol. The van der Waals surface area contributed by atoms with E-state index in [-0.39, 0.29) is 18.3 Å². The minimum Gasteiger partial charge on any atom is -0.493 e. The Morgan fingerprint density at radius 1 is 1.32 bits per heavy atom. The van der Waals surface area contributed by atoms with Crippen LogP contribution in [0.5, 0.6) is 5.75 Å². The van der Waals surface area contributed by atoms with Gasteiger partial charge in [0.15, 0.2) is 0 Å². The molecule has 0 radical (unpaired) electrons. The van der Waals surface area contributed by atoms with Gasteiger partial charge in [0.25, 0.3) is 0 Å². The van der Waals surface area contributed by atoms with Gasteiger partial charge in [-0.05, 0) is 36.8 Å². The van der Waals surface area contributed by atoms with Crippen LogP contribution in [-0.4, -0.2) is 17.5 Å². The fraction of sp³-hybridized carbons (Fsp3) is 0.200. The molecule has 4 rings (SSSR count). The fourth-order valence-corrected chi connectivity index (χ4v) is 4.12. The number of nitrogens with one attached hydrogen (secondary N) is 1. The van der Waals surface area contributed by atoms with Crippen LogP contribution in [0.4, 0.5) is 18.9 Å². The SMILES string of the molecule is Cc1sc2cccnc2c1NC(=O)/C=C1\CCOc2cc(C(F)(F)F)ccc21. The van der Waals surface area contributed by atoms with Crippen LogP contribution in [0.1, 0.15) is 22.4 Å². The summed E-state index contributed by atoms with van der Waals surface area (Å²) in [7, 11) is 0. The molecule has 0 bridgehead atoms. The van der Waals surface area contributed by atoms with Gasteiger partial charge in [-0.15, -0.1) is 11.3 Å². The molecule has 1 aliphatic rings. The lowest BCUT2D eigenvalue weighted by molar-refractivity contribution is -0.137. The number of anilines is 1. The Morgan fingerprint density at radius 3 is 2.93 bits per heavy atom. The minimum absolute atomic E-state index is 0.138. The van der Waals surface area contributed by atoms with Crippen LogP contribution >= 0.6 is 11.3 Å². The van der Waals surface area contributed by atoms with E-state index >= 15 is 0 Å². The third kappa shape index (κ3) is 3.47. The number of halogens is 3. The maximum atomic E-state index is 12.9. The standard InChI is InChI=1S/C20H15F3N2O2S/c1-11-18(19-16(28-11)3-2-7-24-19)25-17(26)9-12-6-8-27-15-10-13(20(21,22)23)4-5-14(12)15/h2-5,7,9-10H,6,8H2,1H3,(H,25,26)/b12-9+. The number of amides is 1. The normalized spacial score (nSPS) is 15.4. The van der Waals surface area contributed by atoms with Gasteiger partial charge >= 0.3 is 6.18 Å². The zero-order valence-corrected chi connectivity index (χ0v) is 15.6. The van der Waals surface area contributed by atoms with Crippen molar-refractivity contribution in [1.82, 2.24) is 4.98 Å². The van der Waals surface area contributed by atoms with Crippen molar-refractivity contribution in [2.45, 2.75) is 19.5 Å². The summed E-state index contributed by atoms with van der Waals surface area (Å²) in [6.07, 6.45) is -0.926. The van der Waals surface area contributed by atoms with Crippen molar-refractivity contribution in [2.24, 2.45) is 0 Å². The Hall–Kier alpha value is -2.87. The molecule has 144 valence electrons. The summed E-state index contributed by atoms with van der Waals surface area (Å²) in [6.45, 7) is 2.12. The van der Waals surface area contributed by atoms with Gasteiger partial charge in [-0.25, -0.2) is 0 Å². The van der Waals surface area contributed by atoms with Gasteiger partial charge in [-0.1, -0.05) is 6.07 Å². The fourth-order valence-electron chi connectivity index (χ4n) is 3.15. The molecule has 0 saturated carbocycles. The summed E-state index contributed by atoms with van der Waals surface area (Å²) in [5.41, 5.74) is 1.74. The molecule has 28 heavy (non-hydrogen) atoms. The van der Waals surface area contributed by atoms with E-state index < -0.39 is 11.7 Å². The van der Waals surface area contributed by atoms with Crippen LogP contribution in [0.2, 0.25) is 0 Å². The molecule has 0 fully saturated rings. The molecule has 1 aliphatic heterocycles. The first kappa shape index (κ1) is 18.5. The molecule has 4 nitrogen and oxygen atoms in total. The van der Waals surface area contributed by atoms with Crippen LogP contribution in [0.25, 0.3) is 15.8 Å². The molecule has 3 aromatic rings. The van der Waals surface area contributed by atoms with Gasteiger partial charge < -0.3 is 10.1 Å². The molecule has 0 atom stereocenters. The molecule has 0 unspecified atom stereocenters. The van der Waals surface area contributed by atoms with E-state index in [0.717, 1.165) is 27.2 Å². The van der Waals surface area contributed by atoms with Gasteiger partial charge in [0, 0.05) is 29.1 Å². The largest absolute Gasteiger partial charge is 0.493 e. The van der Waals surface area contributed by atoms with Gasteiger partial charge in [0.1, 0.15) is 11.3 Å². The Morgan fingerprint density at radius 2 is 2.14 bits per heavy atom. The molecular weight excluding hydrogens is 389 g/mol. The Labute approximate surface area is 162 Å². The monoisotopic (exact) mass is 404 g/mol. The molecular formula is C20H15F3N2O2S. The summed E-state index contributed by atoms with van der Waals surface area (Å²) in [6, 6.07) is 7.09. The molecule has 0 aliphatic carbocycles. The number of fused-ring (bicyclic) bond motifs is 2. The van der Waals surface area contributed by atoms with Crippen molar-refractivity contribution in [3.05, 3.63) is 58.6 Å². The number of benzene rings is 1. The predicted octanol–water partition coefficient (Wildman–Crippen LogP) is 5.43. The van der Waals surface area contributed by atoms with Crippen molar-refractivity contribution in [3.63, 3.8) is 0 Å². The highest BCUT2D eigenvalue weighted by Crippen LogP contribution is 2.39. The Balaban J connectivity index is 1.63. The Bertz CT molecular complexity index is 1100. The quantitative estimate of drug-likeness (QED) is 0.580. The highest BCUT2D eigenvalue weighted by atomic mass is 32.1. The smallest absolute Gasteiger partial charge is 0.416 e. The van der Waals surface area contributed by atoms with Gasteiger partial charge in [0.2, 0.25) is 5.91 Å².